The van der Waals surface area contributed by atoms with Gasteiger partial charge < -0.3 is 5.32 Å². The number of halogens is 1. The van der Waals surface area contributed by atoms with Crippen LogP contribution in [-0.2, 0) is 5.41 Å². The molecule has 4 heteroatoms. The summed E-state index contributed by atoms with van der Waals surface area (Å²) >= 11 is 6.05. The van der Waals surface area contributed by atoms with Crippen LogP contribution >= 0.6 is 11.6 Å². The molecule has 1 heterocycles. The molecule has 0 aliphatic carbocycles. The standard InChI is InChI=1S/C18H21ClN2O/c1-12-8-9-16(13(2)21-12)17(22)20-11-18(3,4)14-6-5-7-15(19)10-14/h5-10H,11H2,1-4H3,(H,20,22). The summed E-state index contributed by atoms with van der Waals surface area (Å²) in [6.45, 7) is 8.46. The van der Waals surface area contributed by atoms with Crippen LogP contribution in [0.4, 0.5) is 0 Å². The minimum Gasteiger partial charge on any atom is -0.351 e. The molecule has 2 aromatic rings. The van der Waals surface area contributed by atoms with Crippen LogP contribution in [-0.4, -0.2) is 17.4 Å². The second-order valence-electron chi connectivity index (χ2n) is 6.16. The smallest absolute Gasteiger partial charge is 0.253 e. The Balaban J connectivity index is 2.09. The molecule has 2 rings (SSSR count). The van der Waals surface area contributed by atoms with E-state index >= 15 is 0 Å². The number of benzene rings is 1. The molecule has 116 valence electrons. The minimum absolute atomic E-state index is 0.0971. The zero-order valence-corrected chi connectivity index (χ0v) is 14.2. The van der Waals surface area contributed by atoms with Gasteiger partial charge in [0.2, 0.25) is 0 Å². The topological polar surface area (TPSA) is 42.0 Å². The van der Waals surface area contributed by atoms with Gasteiger partial charge in [0, 0.05) is 22.7 Å². The Morgan fingerprint density at radius 1 is 1.23 bits per heavy atom. The van der Waals surface area contributed by atoms with Crippen molar-refractivity contribution in [3.05, 3.63) is 63.9 Å². The van der Waals surface area contributed by atoms with Gasteiger partial charge in [0.15, 0.2) is 0 Å². The third-order valence-corrected chi connectivity index (χ3v) is 4.00. The molecule has 0 aliphatic heterocycles. The number of carbonyl (C=O) groups excluding carboxylic acids is 1. The van der Waals surface area contributed by atoms with Crippen LogP contribution < -0.4 is 5.32 Å². The Bertz CT molecular complexity index is 695. The van der Waals surface area contributed by atoms with Crippen LogP contribution in [0.3, 0.4) is 0 Å². The Morgan fingerprint density at radius 3 is 2.59 bits per heavy atom. The van der Waals surface area contributed by atoms with Gasteiger partial charge in [-0.1, -0.05) is 37.6 Å². The molecule has 3 nitrogen and oxygen atoms in total. The molecule has 0 fully saturated rings. The van der Waals surface area contributed by atoms with Gasteiger partial charge in [0.05, 0.1) is 11.3 Å². The first-order valence-electron chi connectivity index (χ1n) is 7.28. The number of nitrogens with zero attached hydrogens (tertiary/aromatic N) is 1. The van der Waals surface area contributed by atoms with E-state index in [1.807, 2.05) is 50.2 Å². The monoisotopic (exact) mass is 316 g/mol. The highest BCUT2D eigenvalue weighted by Crippen LogP contribution is 2.25. The minimum atomic E-state index is -0.202. The number of aryl methyl sites for hydroxylation is 2. The molecule has 0 aliphatic rings. The summed E-state index contributed by atoms with van der Waals surface area (Å²) in [6.07, 6.45) is 0. The fourth-order valence-electron chi connectivity index (χ4n) is 2.33. The Labute approximate surface area is 136 Å². The highest BCUT2D eigenvalue weighted by molar-refractivity contribution is 6.30. The normalized spacial score (nSPS) is 11.3. The predicted molar refractivity (Wildman–Crippen MR) is 90.5 cm³/mol. The van der Waals surface area contributed by atoms with Gasteiger partial charge >= 0.3 is 0 Å². The van der Waals surface area contributed by atoms with Crippen LogP contribution in [0.5, 0.6) is 0 Å². The van der Waals surface area contributed by atoms with Gasteiger partial charge in [-0.05, 0) is 43.7 Å². The summed E-state index contributed by atoms with van der Waals surface area (Å²) in [5.74, 6) is -0.0971. The number of amides is 1. The molecule has 1 aromatic heterocycles. The van der Waals surface area contributed by atoms with Gasteiger partial charge in [-0.2, -0.15) is 0 Å². The number of nitrogens with one attached hydrogen (secondary N) is 1. The van der Waals surface area contributed by atoms with E-state index in [2.05, 4.69) is 24.1 Å². The van der Waals surface area contributed by atoms with Crippen molar-refractivity contribution in [3.8, 4) is 0 Å². The third-order valence-electron chi connectivity index (χ3n) is 3.77. The molecule has 0 bridgehead atoms. The van der Waals surface area contributed by atoms with E-state index in [1.165, 1.54) is 0 Å². The average molecular weight is 317 g/mol. The fourth-order valence-corrected chi connectivity index (χ4v) is 2.52. The second-order valence-corrected chi connectivity index (χ2v) is 6.60. The molecule has 1 aromatic carbocycles. The second kappa shape index (κ2) is 6.49. The van der Waals surface area contributed by atoms with Crippen LogP contribution in [0, 0.1) is 13.8 Å². The summed E-state index contributed by atoms with van der Waals surface area (Å²) in [5.41, 5.74) is 3.17. The van der Waals surface area contributed by atoms with E-state index in [-0.39, 0.29) is 11.3 Å². The third kappa shape index (κ3) is 3.86. The maximum absolute atomic E-state index is 12.3. The SMILES string of the molecule is Cc1ccc(C(=O)NCC(C)(C)c2cccc(Cl)c2)c(C)n1. The highest BCUT2D eigenvalue weighted by atomic mass is 35.5. The lowest BCUT2D eigenvalue weighted by Crippen LogP contribution is -2.37. The molecule has 0 radical (unpaired) electrons. The zero-order valence-electron chi connectivity index (χ0n) is 13.4. The quantitative estimate of drug-likeness (QED) is 0.924. The lowest BCUT2D eigenvalue weighted by molar-refractivity contribution is 0.0944. The van der Waals surface area contributed by atoms with Crippen LogP contribution in [0.1, 0.15) is 41.2 Å². The van der Waals surface area contributed by atoms with E-state index in [0.717, 1.165) is 17.0 Å². The van der Waals surface area contributed by atoms with Gasteiger partial charge in [-0.15, -0.1) is 0 Å². The van der Waals surface area contributed by atoms with Crippen LogP contribution in [0.25, 0.3) is 0 Å². The number of aromatic nitrogens is 1. The summed E-state index contributed by atoms with van der Waals surface area (Å²) in [6, 6.07) is 11.4. The van der Waals surface area contributed by atoms with Crippen molar-refractivity contribution in [2.45, 2.75) is 33.1 Å². The number of hydrogen-bond acceptors (Lipinski definition) is 2. The van der Waals surface area contributed by atoms with Gasteiger partial charge in [-0.25, -0.2) is 0 Å². The van der Waals surface area contributed by atoms with E-state index in [1.54, 1.807) is 0 Å². The maximum Gasteiger partial charge on any atom is 0.253 e. The van der Waals surface area contributed by atoms with Crippen molar-refractivity contribution in [1.82, 2.24) is 10.3 Å². The van der Waals surface area contributed by atoms with Crippen molar-refractivity contribution in [2.24, 2.45) is 0 Å². The number of rotatable bonds is 4. The molecular formula is C18H21ClN2O. The van der Waals surface area contributed by atoms with Crippen molar-refractivity contribution in [3.63, 3.8) is 0 Å². The Hall–Kier alpha value is -1.87. The Morgan fingerprint density at radius 2 is 1.95 bits per heavy atom. The number of carbonyl (C=O) groups is 1. The fraction of sp³-hybridized carbons (Fsp3) is 0.333. The molecule has 0 spiro atoms. The van der Waals surface area contributed by atoms with Gasteiger partial charge in [-0.3, -0.25) is 9.78 Å². The zero-order chi connectivity index (χ0) is 16.3. The van der Waals surface area contributed by atoms with Crippen molar-refractivity contribution in [2.75, 3.05) is 6.54 Å². The summed E-state index contributed by atoms with van der Waals surface area (Å²) in [5, 5.41) is 3.70. The average Bonchev–Trinajstić information content (AvgIpc) is 2.45. The molecule has 22 heavy (non-hydrogen) atoms. The summed E-state index contributed by atoms with van der Waals surface area (Å²) < 4.78 is 0. The summed E-state index contributed by atoms with van der Waals surface area (Å²) in [7, 11) is 0. The van der Waals surface area contributed by atoms with Crippen LogP contribution in [0.15, 0.2) is 36.4 Å². The van der Waals surface area contributed by atoms with E-state index in [0.29, 0.717) is 17.1 Å². The lowest BCUT2D eigenvalue weighted by atomic mass is 9.84. The Kier molecular flexibility index (Phi) is 4.87. The molecule has 1 N–H and O–H groups in total. The molecule has 0 saturated carbocycles. The van der Waals surface area contributed by atoms with Crippen molar-refractivity contribution < 1.29 is 4.79 Å². The van der Waals surface area contributed by atoms with E-state index in [4.69, 9.17) is 11.6 Å². The molecule has 1 amide bonds. The van der Waals surface area contributed by atoms with E-state index in [9.17, 15) is 4.79 Å². The van der Waals surface area contributed by atoms with Crippen molar-refractivity contribution in [1.29, 1.82) is 0 Å². The van der Waals surface area contributed by atoms with E-state index < -0.39 is 0 Å². The van der Waals surface area contributed by atoms with Crippen molar-refractivity contribution >= 4 is 17.5 Å². The van der Waals surface area contributed by atoms with Gasteiger partial charge in [0.25, 0.3) is 5.91 Å². The first-order chi connectivity index (χ1) is 10.3. The van der Waals surface area contributed by atoms with Gasteiger partial charge in [0.1, 0.15) is 0 Å². The molecule has 0 atom stereocenters. The molecule has 0 saturated heterocycles. The molecule has 0 unspecified atom stereocenters. The largest absolute Gasteiger partial charge is 0.351 e. The molecular weight excluding hydrogens is 296 g/mol. The first kappa shape index (κ1) is 16.5. The lowest BCUT2D eigenvalue weighted by Gasteiger charge is -2.26. The maximum atomic E-state index is 12.3. The van der Waals surface area contributed by atoms with Crippen LogP contribution in [0.2, 0.25) is 5.02 Å². The highest BCUT2D eigenvalue weighted by Gasteiger charge is 2.22. The number of hydrogen-bond donors (Lipinski definition) is 1. The predicted octanol–water partition coefficient (Wildman–Crippen LogP) is 4.06. The number of pyridine rings is 1. The first-order valence-corrected chi connectivity index (χ1v) is 7.66. The summed E-state index contributed by atoms with van der Waals surface area (Å²) in [4.78, 5) is 16.7.